The minimum atomic E-state index is 0.262. The summed E-state index contributed by atoms with van der Waals surface area (Å²) in [6, 6.07) is 1.13. The van der Waals surface area contributed by atoms with Gasteiger partial charge in [-0.05, 0) is 51.6 Å². The van der Waals surface area contributed by atoms with Crippen LogP contribution < -0.4 is 5.32 Å². The van der Waals surface area contributed by atoms with Crippen LogP contribution in [0, 0.1) is 5.92 Å². The number of aliphatic hydroxyl groups is 1. The Bertz CT molecular complexity index is 216. The molecule has 1 aliphatic carbocycles. The van der Waals surface area contributed by atoms with Crippen molar-refractivity contribution in [3.63, 3.8) is 0 Å². The quantitative estimate of drug-likeness (QED) is 0.766. The van der Waals surface area contributed by atoms with Crippen LogP contribution in [-0.4, -0.2) is 48.8 Å². The third kappa shape index (κ3) is 3.43. The van der Waals surface area contributed by atoms with Crippen molar-refractivity contribution in [2.24, 2.45) is 5.92 Å². The van der Waals surface area contributed by atoms with Crippen LogP contribution in [0.3, 0.4) is 0 Å². The first-order chi connectivity index (χ1) is 8.35. The zero-order valence-corrected chi connectivity index (χ0v) is 11.2. The van der Waals surface area contributed by atoms with E-state index in [-0.39, 0.29) is 12.6 Å². The fourth-order valence-electron chi connectivity index (χ4n) is 3.65. The molecule has 0 radical (unpaired) electrons. The smallest absolute Gasteiger partial charge is 0.0585 e. The highest BCUT2D eigenvalue weighted by Crippen LogP contribution is 2.35. The first kappa shape index (κ1) is 13.3. The second kappa shape index (κ2) is 6.72. The number of nitrogens with zero attached hydrogens (tertiary/aromatic N) is 1. The van der Waals surface area contributed by atoms with Gasteiger partial charge in [0.05, 0.1) is 6.61 Å². The van der Waals surface area contributed by atoms with Gasteiger partial charge in [0.2, 0.25) is 0 Å². The number of likely N-dealkylation sites (tertiary alicyclic amines) is 1. The van der Waals surface area contributed by atoms with Crippen molar-refractivity contribution in [2.45, 2.75) is 57.0 Å². The Hall–Kier alpha value is -0.120. The number of piperidine rings is 1. The summed E-state index contributed by atoms with van der Waals surface area (Å²) in [4.78, 5) is 2.70. The van der Waals surface area contributed by atoms with Crippen LogP contribution in [0.2, 0.25) is 0 Å². The van der Waals surface area contributed by atoms with E-state index >= 15 is 0 Å². The van der Waals surface area contributed by atoms with Crippen LogP contribution in [0.5, 0.6) is 0 Å². The number of fused-ring (bicyclic) bond motifs is 1. The summed E-state index contributed by atoms with van der Waals surface area (Å²) in [5.41, 5.74) is 0. The van der Waals surface area contributed by atoms with E-state index in [4.69, 9.17) is 0 Å². The molecule has 2 N–H and O–H groups in total. The Morgan fingerprint density at radius 1 is 1.24 bits per heavy atom. The molecular weight excluding hydrogens is 212 g/mol. The van der Waals surface area contributed by atoms with Gasteiger partial charge in [0.1, 0.15) is 0 Å². The highest BCUT2D eigenvalue weighted by molar-refractivity contribution is 4.87. The van der Waals surface area contributed by atoms with Crippen LogP contribution in [0.4, 0.5) is 0 Å². The monoisotopic (exact) mass is 240 g/mol. The lowest BCUT2D eigenvalue weighted by molar-refractivity contribution is 0.0558. The van der Waals surface area contributed by atoms with Crippen LogP contribution >= 0.6 is 0 Å². The molecule has 0 amide bonds. The van der Waals surface area contributed by atoms with Crippen LogP contribution in [-0.2, 0) is 0 Å². The first-order valence-electron chi connectivity index (χ1n) is 7.37. The molecular formula is C14H28N2O. The van der Waals surface area contributed by atoms with Gasteiger partial charge in [-0.25, -0.2) is 0 Å². The lowest BCUT2D eigenvalue weighted by Gasteiger charge is -2.44. The highest BCUT2D eigenvalue weighted by atomic mass is 16.3. The van der Waals surface area contributed by atoms with Gasteiger partial charge < -0.3 is 15.3 Å². The zero-order chi connectivity index (χ0) is 12.1. The molecule has 17 heavy (non-hydrogen) atoms. The fourth-order valence-corrected chi connectivity index (χ4v) is 3.65. The predicted molar refractivity (Wildman–Crippen MR) is 71.1 cm³/mol. The molecule has 0 spiro atoms. The van der Waals surface area contributed by atoms with E-state index in [1.807, 2.05) is 7.05 Å². The minimum Gasteiger partial charge on any atom is -0.395 e. The van der Waals surface area contributed by atoms with Crippen molar-refractivity contribution >= 4 is 0 Å². The van der Waals surface area contributed by atoms with E-state index in [1.165, 1.54) is 45.1 Å². The number of hydrogen-bond acceptors (Lipinski definition) is 3. The second-order valence-electron chi connectivity index (χ2n) is 5.75. The average Bonchev–Trinajstić information content (AvgIpc) is 2.40. The molecule has 2 fully saturated rings. The summed E-state index contributed by atoms with van der Waals surface area (Å²) in [5.74, 6) is 0.972. The van der Waals surface area contributed by atoms with Crippen LogP contribution in [0.25, 0.3) is 0 Å². The number of likely N-dealkylation sites (N-methyl/N-ethyl adjacent to an activating group) is 1. The van der Waals surface area contributed by atoms with E-state index in [0.717, 1.165) is 24.9 Å². The Labute approximate surface area is 106 Å². The molecule has 3 nitrogen and oxygen atoms in total. The van der Waals surface area contributed by atoms with Crippen molar-refractivity contribution in [1.82, 2.24) is 10.2 Å². The third-order valence-electron chi connectivity index (χ3n) is 4.75. The molecule has 0 aromatic rings. The Morgan fingerprint density at radius 2 is 2.00 bits per heavy atom. The molecule has 3 heteroatoms. The van der Waals surface area contributed by atoms with E-state index < -0.39 is 0 Å². The normalized spacial score (nSPS) is 32.1. The largest absolute Gasteiger partial charge is 0.395 e. The van der Waals surface area contributed by atoms with Crippen LogP contribution in [0.15, 0.2) is 0 Å². The van der Waals surface area contributed by atoms with Crippen molar-refractivity contribution in [2.75, 3.05) is 26.7 Å². The van der Waals surface area contributed by atoms with Crippen molar-refractivity contribution in [1.29, 1.82) is 0 Å². The average molecular weight is 240 g/mol. The number of aliphatic hydroxyl groups excluding tert-OH is 1. The number of rotatable bonds is 5. The molecule has 0 aromatic heterocycles. The lowest BCUT2D eigenvalue weighted by Crippen LogP contribution is -2.48. The van der Waals surface area contributed by atoms with Crippen molar-refractivity contribution < 1.29 is 5.11 Å². The summed E-state index contributed by atoms with van der Waals surface area (Å²) >= 11 is 0. The van der Waals surface area contributed by atoms with Gasteiger partial charge in [0.25, 0.3) is 0 Å². The molecule has 1 saturated carbocycles. The van der Waals surface area contributed by atoms with E-state index in [0.29, 0.717) is 0 Å². The summed E-state index contributed by atoms with van der Waals surface area (Å²) in [7, 11) is 1.94. The molecule has 0 aromatic carbocycles. The van der Waals surface area contributed by atoms with Crippen LogP contribution in [0.1, 0.15) is 44.9 Å². The molecule has 100 valence electrons. The van der Waals surface area contributed by atoms with E-state index in [9.17, 15) is 5.11 Å². The van der Waals surface area contributed by atoms with Gasteiger partial charge in [-0.2, -0.15) is 0 Å². The van der Waals surface area contributed by atoms with Gasteiger partial charge in [-0.3, -0.25) is 0 Å². The molecule has 1 aliphatic heterocycles. The van der Waals surface area contributed by atoms with Gasteiger partial charge in [-0.1, -0.05) is 12.8 Å². The second-order valence-corrected chi connectivity index (χ2v) is 5.75. The number of nitrogens with one attached hydrogen (secondary N) is 1. The molecule has 1 heterocycles. The lowest BCUT2D eigenvalue weighted by atomic mass is 9.78. The maximum absolute atomic E-state index is 9.21. The van der Waals surface area contributed by atoms with Gasteiger partial charge in [0.15, 0.2) is 0 Å². The Kier molecular flexibility index (Phi) is 5.26. The van der Waals surface area contributed by atoms with Gasteiger partial charge in [-0.15, -0.1) is 0 Å². The van der Waals surface area contributed by atoms with Gasteiger partial charge >= 0.3 is 0 Å². The molecule has 2 aliphatic rings. The zero-order valence-electron chi connectivity index (χ0n) is 11.2. The molecule has 0 bridgehead atoms. The Morgan fingerprint density at radius 3 is 2.76 bits per heavy atom. The third-order valence-corrected chi connectivity index (χ3v) is 4.75. The highest BCUT2D eigenvalue weighted by Gasteiger charge is 2.32. The standard InChI is InChI=1S/C14H28N2O/c1-15-13(11-17)8-10-16-9-4-6-12-5-2-3-7-14(12)16/h12-15,17H,2-11H2,1H3/t12-,13?,14-/m1/s1. The molecule has 2 rings (SSSR count). The predicted octanol–water partition coefficient (Wildman–Crippen LogP) is 1.61. The molecule has 3 atom stereocenters. The topological polar surface area (TPSA) is 35.5 Å². The summed E-state index contributed by atoms with van der Waals surface area (Å²) in [5, 5.41) is 12.4. The van der Waals surface area contributed by atoms with E-state index in [2.05, 4.69) is 10.2 Å². The first-order valence-corrected chi connectivity index (χ1v) is 7.37. The number of hydrogen-bond donors (Lipinski definition) is 2. The maximum atomic E-state index is 9.21. The summed E-state index contributed by atoms with van der Waals surface area (Å²) < 4.78 is 0. The van der Waals surface area contributed by atoms with Crippen molar-refractivity contribution in [3.05, 3.63) is 0 Å². The minimum absolute atomic E-state index is 0.262. The Balaban J connectivity index is 1.82. The van der Waals surface area contributed by atoms with Gasteiger partial charge in [0, 0.05) is 18.6 Å². The molecule has 1 saturated heterocycles. The summed E-state index contributed by atoms with van der Waals surface area (Å²) in [6.07, 6.45) is 9.65. The molecule has 1 unspecified atom stereocenters. The SMILES string of the molecule is CNC(CO)CCN1CCC[C@H]2CCCC[C@H]21. The van der Waals surface area contributed by atoms with Crippen molar-refractivity contribution in [3.8, 4) is 0 Å². The fraction of sp³-hybridized carbons (Fsp3) is 1.00. The maximum Gasteiger partial charge on any atom is 0.0585 e. The summed E-state index contributed by atoms with van der Waals surface area (Å²) in [6.45, 7) is 2.70. The van der Waals surface area contributed by atoms with E-state index in [1.54, 1.807) is 0 Å².